The fourth-order valence-electron chi connectivity index (χ4n) is 3.19. The molecular formula is C17H28N2O. The Morgan fingerprint density at radius 3 is 2.80 bits per heavy atom. The summed E-state index contributed by atoms with van der Waals surface area (Å²) in [5, 5.41) is 13.6. The monoisotopic (exact) mass is 276 g/mol. The van der Waals surface area contributed by atoms with Crippen molar-refractivity contribution in [3.05, 3.63) is 23.8 Å². The Labute approximate surface area is 123 Å². The number of aromatic hydroxyl groups is 1. The quantitative estimate of drug-likeness (QED) is 0.880. The number of phenols is 1. The molecule has 0 bridgehead atoms. The van der Waals surface area contributed by atoms with Crippen molar-refractivity contribution >= 4 is 5.69 Å². The van der Waals surface area contributed by atoms with Crippen LogP contribution in [0.5, 0.6) is 5.75 Å². The summed E-state index contributed by atoms with van der Waals surface area (Å²) in [6.07, 6.45) is 2.54. The van der Waals surface area contributed by atoms with E-state index in [1.807, 2.05) is 6.07 Å². The van der Waals surface area contributed by atoms with E-state index >= 15 is 0 Å². The fraction of sp³-hybridized carbons (Fsp3) is 0.647. The van der Waals surface area contributed by atoms with Crippen LogP contribution in [0.15, 0.2) is 18.2 Å². The molecule has 3 atom stereocenters. The number of rotatable bonds is 4. The molecule has 3 nitrogen and oxygen atoms in total. The van der Waals surface area contributed by atoms with E-state index in [9.17, 15) is 5.11 Å². The Balaban J connectivity index is 2.20. The summed E-state index contributed by atoms with van der Waals surface area (Å²) >= 11 is 0. The van der Waals surface area contributed by atoms with Gasteiger partial charge in [0.1, 0.15) is 5.75 Å². The van der Waals surface area contributed by atoms with Crippen molar-refractivity contribution in [3.63, 3.8) is 0 Å². The molecule has 1 saturated heterocycles. The van der Waals surface area contributed by atoms with Gasteiger partial charge in [0.15, 0.2) is 0 Å². The standard InChI is InChI=1S/C17H28N2O/c1-5-18-13(3)16-9-8-15(11-17(16)20)19-10-6-7-12(2)14(19)4/h8-9,11-14,18,20H,5-7,10H2,1-4H3. The highest BCUT2D eigenvalue weighted by Gasteiger charge is 2.25. The van der Waals surface area contributed by atoms with Gasteiger partial charge in [0.25, 0.3) is 0 Å². The predicted molar refractivity (Wildman–Crippen MR) is 85.4 cm³/mol. The average Bonchev–Trinajstić information content (AvgIpc) is 2.42. The molecule has 0 aliphatic carbocycles. The maximum atomic E-state index is 10.3. The lowest BCUT2D eigenvalue weighted by Crippen LogP contribution is -2.42. The van der Waals surface area contributed by atoms with E-state index in [1.165, 1.54) is 12.8 Å². The van der Waals surface area contributed by atoms with E-state index < -0.39 is 0 Å². The smallest absolute Gasteiger partial charge is 0.122 e. The van der Waals surface area contributed by atoms with Crippen LogP contribution in [0.4, 0.5) is 5.69 Å². The van der Waals surface area contributed by atoms with Gasteiger partial charge in [-0.1, -0.05) is 19.9 Å². The summed E-state index contributed by atoms with van der Waals surface area (Å²) in [7, 11) is 0. The molecule has 1 aromatic carbocycles. The summed E-state index contributed by atoms with van der Waals surface area (Å²) in [5.74, 6) is 1.12. The van der Waals surface area contributed by atoms with Crippen LogP contribution in [0.25, 0.3) is 0 Å². The molecule has 20 heavy (non-hydrogen) atoms. The van der Waals surface area contributed by atoms with Crippen molar-refractivity contribution in [1.29, 1.82) is 0 Å². The van der Waals surface area contributed by atoms with Crippen molar-refractivity contribution in [2.24, 2.45) is 5.92 Å². The lowest BCUT2D eigenvalue weighted by atomic mass is 9.91. The van der Waals surface area contributed by atoms with Gasteiger partial charge in [0, 0.05) is 35.9 Å². The minimum Gasteiger partial charge on any atom is -0.508 e. The highest BCUT2D eigenvalue weighted by atomic mass is 16.3. The topological polar surface area (TPSA) is 35.5 Å². The summed E-state index contributed by atoms with van der Waals surface area (Å²) in [5.41, 5.74) is 2.13. The van der Waals surface area contributed by atoms with Crippen molar-refractivity contribution in [2.45, 2.75) is 52.6 Å². The molecule has 2 rings (SSSR count). The Bertz CT molecular complexity index is 447. The number of hydrogen-bond acceptors (Lipinski definition) is 3. The van der Waals surface area contributed by atoms with Crippen LogP contribution in [0.1, 0.15) is 52.1 Å². The zero-order valence-electron chi connectivity index (χ0n) is 13.2. The molecule has 0 saturated carbocycles. The third-order valence-corrected chi connectivity index (χ3v) is 4.70. The van der Waals surface area contributed by atoms with E-state index in [1.54, 1.807) is 0 Å². The second-order valence-electron chi connectivity index (χ2n) is 6.08. The van der Waals surface area contributed by atoms with Crippen molar-refractivity contribution < 1.29 is 5.11 Å². The van der Waals surface area contributed by atoms with Gasteiger partial charge in [0.2, 0.25) is 0 Å². The summed E-state index contributed by atoms with van der Waals surface area (Å²) in [6.45, 7) is 10.8. The second kappa shape index (κ2) is 6.49. The zero-order valence-corrected chi connectivity index (χ0v) is 13.2. The van der Waals surface area contributed by atoms with Gasteiger partial charge in [-0.25, -0.2) is 0 Å². The lowest BCUT2D eigenvalue weighted by Gasteiger charge is -2.39. The van der Waals surface area contributed by atoms with E-state index in [0.29, 0.717) is 17.7 Å². The van der Waals surface area contributed by atoms with Crippen LogP contribution < -0.4 is 10.2 Å². The van der Waals surface area contributed by atoms with Crippen LogP contribution in [0, 0.1) is 5.92 Å². The maximum absolute atomic E-state index is 10.3. The summed E-state index contributed by atoms with van der Waals surface area (Å²) < 4.78 is 0. The van der Waals surface area contributed by atoms with E-state index in [0.717, 1.165) is 24.3 Å². The minimum absolute atomic E-state index is 0.187. The van der Waals surface area contributed by atoms with Crippen LogP contribution in [0.2, 0.25) is 0 Å². The van der Waals surface area contributed by atoms with Crippen LogP contribution in [-0.4, -0.2) is 24.2 Å². The van der Waals surface area contributed by atoms with Gasteiger partial charge >= 0.3 is 0 Å². The zero-order chi connectivity index (χ0) is 14.7. The van der Waals surface area contributed by atoms with E-state index in [2.05, 4.69) is 50.0 Å². The third-order valence-electron chi connectivity index (χ3n) is 4.70. The fourth-order valence-corrected chi connectivity index (χ4v) is 3.19. The molecule has 3 heteroatoms. The van der Waals surface area contributed by atoms with Crippen LogP contribution in [-0.2, 0) is 0 Å². The third kappa shape index (κ3) is 3.09. The maximum Gasteiger partial charge on any atom is 0.122 e. The van der Waals surface area contributed by atoms with Gasteiger partial charge in [-0.05, 0) is 45.2 Å². The Hall–Kier alpha value is -1.22. The number of piperidine rings is 1. The van der Waals surface area contributed by atoms with Crippen molar-refractivity contribution in [1.82, 2.24) is 5.32 Å². The largest absolute Gasteiger partial charge is 0.508 e. The second-order valence-corrected chi connectivity index (χ2v) is 6.08. The first-order valence-corrected chi connectivity index (χ1v) is 7.87. The molecule has 0 aromatic heterocycles. The van der Waals surface area contributed by atoms with Crippen LogP contribution >= 0.6 is 0 Å². The molecule has 1 aromatic rings. The Morgan fingerprint density at radius 2 is 2.15 bits per heavy atom. The van der Waals surface area contributed by atoms with Gasteiger partial charge in [-0.3, -0.25) is 0 Å². The van der Waals surface area contributed by atoms with E-state index in [4.69, 9.17) is 0 Å². The van der Waals surface area contributed by atoms with Crippen molar-refractivity contribution in [3.8, 4) is 5.75 Å². The highest BCUT2D eigenvalue weighted by molar-refractivity contribution is 5.55. The molecule has 1 heterocycles. The Kier molecular flexibility index (Phi) is 4.92. The normalized spacial score (nSPS) is 24.7. The van der Waals surface area contributed by atoms with Gasteiger partial charge in [-0.15, -0.1) is 0 Å². The first-order chi connectivity index (χ1) is 9.54. The average molecular weight is 276 g/mol. The molecule has 3 unspecified atom stereocenters. The molecule has 0 radical (unpaired) electrons. The molecule has 0 amide bonds. The minimum atomic E-state index is 0.187. The molecule has 1 aliphatic rings. The molecule has 1 aliphatic heterocycles. The van der Waals surface area contributed by atoms with Crippen molar-refractivity contribution in [2.75, 3.05) is 18.0 Å². The van der Waals surface area contributed by atoms with Gasteiger partial charge in [0.05, 0.1) is 0 Å². The van der Waals surface area contributed by atoms with Gasteiger partial charge in [-0.2, -0.15) is 0 Å². The number of phenolic OH excluding ortho intramolecular Hbond substituents is 1. The van der Waals surface area contributed by atoms with Crippen LogP contribution in [0.3, 0.4) is 0 Å². The molecule has 0 spiro atoms. The molecule has 1 fully saturated rings. The molecular weight excluding hydrogens is 248 g/mol. The Morgan fingerprint density at radius 1 is 1.40 bits per heavy atom. The number of anilines is 1. The lowest BCUT2D eigenvalue weighted by molar-refractivity contribution is 0.363. The molecule has 2 N–H and O–H groups in total. The first-order valence-electron chi connectivity index (χ1n) is 7.87. The number of benzene rings is 1. The van der Waals surface area contributed by atoms with Gasteiger partial charge < -0.3 is 15.3 Å². The predicted octanol–water partition coefficient (Wildman–Crippen LogP) is 3.69. The molecule has 112 valence electrons. The van der Waals surface area contributed by atoms with E-state index in [-0.39, 0.29) is 6.04 Å². The summed E-state index contributed by atoms with van der Waals surface area (Å²) in [4.78, 5) is 2.43. The SMILES string of the molecule is CCNC(C)c1ccc(N2CCCC(C)C2C)cc1O. The summed E-state index contributed by atoms with van der Waals surface area (Å²) in [6, 6.07) is 6.87. The highest BCUT2D eigenvalue weighted by Crippen LogP contribution is 2.33. The first kappa shape index (κ1) is 15.2. The number of nitrogens with zero attached hydrogens (tertiary/aromatic N) is 1. The number of hydrogen-bond donors (Lipinski definition) is 2. The number of nitrogens with one attached hydrogen (secondary N) is 1.